The van der Waals surface area contributed by atoms with Gasteiger partial charge in [-0.3, -0.25) is 0 Å². The van der Waals surface area contributed by atoms with Gasteiger partial charge in [-0.2, -0.15) is 4.31 Å². The Bertz CT molecular complexity index is 1310. The van der Waals surface area contributed by atoms with E-state index < -0.39 is 28.0 Å². The normalized spacial score (nSPS) is 20.0. The Balaban J connectivity index is 1.66. The third-order valence-corrected chi connectivity index (χ3v) is 7.38. The highest BCUT2D eigenvalue weighted by Gasteiger charge is 2.32. The molecule has 0 saturated carbocycles. The Morgan fingerprint density at radius 3 is 2.67 bits per heavy atom. The summed E-state index contributed by atoms with van der Waals surface area (Å²) in [5, 5.41) is 13.7. The molecule has 0 aliphatic carbocycles. The van der Waals surface area contributed by atoms with Gasteiger partial charge in [0.15, 0.2) is 5.82 Å². The van der Waals surface area contributed by atoms with Gasteiger partial charge < -0.3 is 15.0 Å². The molecule has 1 aliphatic heterocycles. The van der Waals surface area contributed by atoms with Gasteiger partial charge in [-0.15, -0.1) is 0 Å². The molecule has 2 aromatic heterocycles. The number of aliphatic hydroxyl groups is 1. The minimum atomic E-state index is -3.39. The van der Waals surface area contributed by atoms with Gasteiger partial charge in [0.05, 0.1) is 40.7 Å². The Hall–Kier alpha value is -2.34. The van der Waals surface area contributed by atoms with Crippen LogP contribution in [0.3, 0.4) is 0 Å². The molecule has 0 bridgehead atoms. The lowest BCUT2D eigenvalue weighted by molar-refractivity contribution is 0.0950. The molecule has 3 heterocycles. The number of anilines is 1. The summed E-state index contributed by atoms with van der Waals surface area (Å²) in [4.78, 5) is 12.9. The van der Waals surface area contributed by atoms with Crippen molar-refractivity contribution in [2.24, 2.45) is 0 Å². The number of hydrogen-bond acceptors (Lipinski definition) is 7. The molecule has 3 aromatic rings. The maximum Gasteiger partial charge on any atom is 0.223 e. The van der Waals surface area contributed by atoms with Crippen molar-refractivity contribution in [2.45, 2.75) is 45.4 Å². The van der Waals surface area contributed by atoms with E-state index >= 15 is 0 Å². The van der Waals surface area contributed by atoms with Gasteiger partial charge in [0.1, 0.15) is 11.5 Å². The fourth-order valence-corrected chi connectivity index (χ4v) is 5.34. The van der Waals surface area contributed by atoms with E-state index in [9.17, 15) is 17.9 Å². The average Bonchev–Trinajstić information content (AvgIpc) is 3.04. The predicted octanol–water partition coefficient (Wildman–Crippen LogP) is 2.98. The van der Waals surface area contributed by atoms with E-state index in [2.05, 4.69) is 20.3 Å². The molecule has 1 saturated heterocycles. The summed E-state index contributed by atoms with van der Waals surface area (Å²) < 4.78 is 41.5. The van der Waals surface area contributed by atoms with Crippen LogP contribution in [-0.4, -0.2) is 68.8 Å². The summed E-state index contributed by atoms with van der Waals surface area (Å²) in [6, 6.07) is 3.13. The lowest BCUT2D eigenvalue weighted by Crippen LogP contribution is -2.51. The van der Waals surface area contributed by atoms with Gasteiger partial charge in [0, 0.05) is 24.7 Å². The number of halogens is 2. The zero-order valence-corrected chi connectivity index (χ0v) is 20.3. The quantitative estimate of drug-likeness (QED) is 0.558. The summed E-state index contributed by atoms with van der Waals surface area (Å²) in [6.07, 6.45) is 1.54. The Kier molecular flexibility index (Phi) is 6.34. The van der Waals surface area contributed by atoms with Crippen LogP contribution in [0.5, 0.6) is 0 Å². The lowest BCUT2D eigenvalue weighted by Gasteiger charge is -2.34. The molecule has 2 atom stereocenters. The number of piperidine rings is 1. The number of nitrogens with one attached hydrogen (secondary N) is 1. The third-order valence-electron chi connectivity index (χ3n) is 5.80. The van der Waals surface area contributed by atoms with Crippen LogP contribution in [0.15, 0.2) is 18.3 Å². The largest absolute Gasteiger partial charge is 0.390 e. The second-order valence-electron chi connectivity index (χ2n) is 8.56. The maximum atomic E-state index is 14.8. The monoisotopic (exact) mass is 496 g/mol. The molecule has 2 N–H and O–H groups in total. The molecule has 0 amide bonds. The highest BCUT2D eigenvalue weighted by Crippen LogP contribution is 2.34. The van der Waals surface area contributed by atoms with E-state index in [0.717, 1.165) is 23.8 Å². The molecule has 4 rings (SSSR count). The number of aliphatic hydroxyl groups excluding tert-OH is 1. The van der Waals surface area contributed by atoms with Gasteiger partial charge in [-0.25, -0.2) is 27.8 Å². The molecule has 0 unspecified atom stereocenters. The summed E-state index contributed by atoms with van der Waals surface area (Å²) in [5.41, 5.74) is 1.96. The molecule has 33 heavy (non-hydrogen) atoms. The van der Waals surface area contributed by atoms with Crippen LogP contribution >= 0.6 is 11.6 Å². The topological polar surface area (TPSA) is 113 Å². The Morgan fingerprint density at radius 2 is 2.03 bits per heavy atom. The van der Waals surface area contributed by atoms with Crippen LogP contribution in [0.25, 0.3) is 22.3 Å². The maximum absolute atomic E-state index is 14.8. The Labute approximate surface area is 196 Å². The zero-order chi connectivity index (χ0) is 24.1. The number of rotatable bonds is 5. The number of imidazole rings is 1. The number of nitrogens with zero attached hydrogens (tertiary/aromatic N) is 5. The van der Waals surface area contributed by atoms with Crippen molar-refractivity contribution in [3.05, 3.63) is 35.0 Å². The molecule has 9 nitrogen and oxygen atoms in total. The number of hydrogen-bond donors (Lipinski definition) is 2. The van der Waals surface area contributed by atoms with Gasteiger partial charge in [-0.05, 0) is 39.3 Å². The highest BCUT2D eigenvalue weighted by atomic mass is 35.5. The first-order valence-corrected chi connectivity index (χ1v) is 12.8. The summed E-state index contributed by atoms with van der Waals surface area (Å²) in [7, 11) is -3.39. The van der Waals surface area contributed by atoms with Crippen LogP contribution in [0, 0.1) is 12.7 Å². The van der Waals surface area contributed by atoms with Crippen molar-refractivity contribution in [3.63, 3.8) is 0 Å². The molecule has 0 spiro atoms. The van der Waals surface area contributed by atoms with Crippen LogP contribution < -0.4 is 5.32 Å². The first-order chi connectivity index (χ1) is 15.5. The van der Waals surface area contributed by atoms with E-state index in [-0.39, 0.29) is 30.8 Å². The molecule has 178 valence electrons. The van der Waals surface area contributed by atoms with E-state index in [4.69, 9.17) is 11.6 Å². The van der Waals surface area contributed by atoms with Crippen molar-refractivity contribution < 1.29 is 17.9 Å². The second-order valence-corrected chi connectivity index (χ2v) is 11.0. The molecule has 0 radical (unpaired) electrons. The van der Waals surface area contributed by atoms with Gasteiger partial charge in [0.2, 0.25) is 16.0 Å². The minimum Gasteiger partial charge on any atom is -0.390 e. The number of aryl methyl sites for hydroxylation is 1. The number of sulfonamides is 1. The SMILES string of the molecule is Cc1nc2cc(Cl)c(-c3nc(N[C@@H]4CCN(S(C)(=O)=O)C[C@H]4O)ncc3F)cc2n1C(C)C. The van der Waals surface area contributed by atoms with Crippen LogP contribution in [0.2, 0.25) is 5.02 Å². The van der Waals surface area contributed by atoms with Crippen LogP contribution in [-0.2, 0) is 10.0 Å². The van der Waals surface area contributed by atoms with Crippen molar-refractivity contribution in [2.75, 3.05) is 24.7 Å². The minimum absolute atomic E-state index is 0.0246. The molecule has 12 heteroatoms. The smallest absolute Gasteiger partial charge is 0.223 e. The number of β-amino-alcohol motifs (C(OH)–C–C–N with tert-alkyl or cyclic N) is 1. The van der Waals surface area contributed by atoms with Crippen molar-refractivity contribution in [1.29, 1.82) is 0 Å². The fourth-order valence-electron chi connectivity index (χ4n) is 4.23. The van der Waals surface area contributed by atoms with E-state index in [0.29, 0.717) is 22.5 Å². The zero-order valence-electron chi connectivity index (χ0n) is 18.7. The average molecular weight is 497 g/mol. The molecular formula is C21H26ClFN6O3S. The van der Waals surface area contributed by atoms with E-state index in [1.54, 1.807) is 12.1 Å². The highest BCUT2D eigenvalue weighted by molar-refractivity contribution is 7.88. The first-order valence-electron chi connectivity index (χ1n) is 10.6. The van der Waals surface area contributed by atoms with E-state index in [1.807, 2.05) is 25.3 Å². The van der Waals surface area contributed by atoms with Crippen molar-refractivity contribution in [3.8, 4) is 11.3 Å². The summed E-state index contributed by atoms with van der Waals surface area (Å²) >= 11 is 6.48. The van der Waals surface area contributed by atoms with Crippen LogP contribution in [0.1, 0.15) is 32.1 Å². The van der Waals surface area contributed by atoms with E-state index in [1.165, 1.54) is 4.31 Å². The molecule has 1 aliphatic rings. The lowest BCUT2D eigenvalue weighted by atomic mass is 10.0. The van der Waals surface area contributed by atoms with Gasteiger partial charge in [-0.1, -0.05) is 11.6 Å². The fraction of sp³-hybridized carbons (Fsp3) is 0.476. The standard InChI is InChI=1S/C21H26ClFN6O3S/c1-11(2)29-12(3)25-17-8-14(22)13(7-18(17)29)20-15(23)9-24-21(27-20)26-16-5-6-28(10-19(16)30)33(4,31)32/h7-9,11,16,19,30H,5-6,10H2,1-4H3,(H,24,26,27)/t16-,19-/m1/s1. The molecule has 1 fully saturated rings. The summed E-state index contributed by atoms with van der Waals surface area (Å²) in [6.45, 7) is 6.20. The first kappa shape index (κ1) is 23.8. The van der Waals surface area contributed by atoms with Gasteiger partial charge >= 0.3 is 0 Å². The third kappa shape index (κ3) is 4.68. The van der Waals surface area contributed by atoms with Crippen molar-refractivity contribution in [1.82, 2.24) is 23.8 Å². The Morgan fingerprint density at radius 1 is 1.30 bits per heavy atom. The molecule has 1 aromatic carbocycles. The van der Waals surface area contributed by atoms with Gasteiger partial charge in [0.25, 0.3) is 0 Å². The number of aromatic nitrogens is 4. The number of benzene rings is 1. The predicted molar refractivity (Wildman–Crippen MR) is 125 cm³/mol. The number of fused-ring (bicyclic) bond motifs is 1. The second kappa shape index (κ2) is 8.79. The van der Waals surface area contributed by atoms with Crippen LogP contribution in [0.4, 0.5) is 10.3 Å². The summed E-state index contributed by atoms with van der Waals surface area (Å²) in [5.74, 6) is 0.308. The van der Waals surface area contributed by atoms with Crippen molar-refractivity contribution >= 4 is 38.6 Å². The molecular weight excluding hydrogens is 471 g/mol.